The normalized spacial score (nSPS) is 22.6. The molecule has 96 valence electrons. The lowest BCUT2D eigenvalue weighted by atomic mass is 9.88. The van der Waals surface area contributed by atoms with Gasteiger partial charge in [0, 0.05) is 18.2 Å². The Kier molecular flexibility index (Phi) is 2.78. The molecule has 1 atom stereocenters. The van der Waals surface area contributed by atoms with Crippen LogP contribution in [-0.2, 0) is 0 Å². The molecule has 1 aromatic rings. The molecule has 0 aromatic heterocycles. The summed E-state index contributed by atoms with van der Waals surface area (Å²) in [7, 11) is 3.87. The SMILES string of the molecule is COc1cc(C)c2c(c1)OCC1C2=CCCN1C. The van der Waals surface area contributed by atoms with Gasteiger partial charge in [-0.05, 0) is 37.6 Å². The van der Waals surface area contributed by atoms with Crippen LogP contribution < -0.4 is 9.47 Å². The number of rotatable bonds is 1. The second kappa shape index (κ2) is 4.32. The molecule has 18 heavy (non-hydrogen) atoms. The highest BCUT2D eigenvalue weighted by molar-refractivity contribution is 5.79. The van der Waals surface area contributed by atoms with Gasteiger partial charge in [-0.2, -0.15) is 0 Å². The largest absolute Gasteiger partial charge is 0.497 e. The topological polar surface area (TPSA) is 21.7 Å². The number of ether oxygens (including phenoxy) is 2. The lowest BCUT2D eigenvalue weighted by Gasteiger charge is -2.38. The van der Waals surface area contributed by atoms with Crippen LogP contribution >= 0.6 is 0 Å². The summed E-state index contributed by atoms with van der Waals surface area (Å²) in [5, 5.41) is 0. The van der Waals surface area contributed by atoms with Gasteiger partial charge in [0.05, 0.1) is 13.2 Å². The van der Waals surface area contributed by atoms with E-state index in [9.17, 15) is 0 Å². The second-order valence-corrected chi connectivity index (χ2v) is 5.07. The summed E-state index contributed by atoms with van der Waals surface area (Å²) < 4.78 is 11.2. The molecule has 3 heteroatoms. The van der Waals surface area contributed by atoms with Crippen molar-refractivity contribution in [2.24, 2.45) is 0 Å². The van der Waals surface area contributed by atoms with E-state index in [2.05, 4.69) is 31.0 Å². The molecule has 3 nitrogen and oxygen atoms in total. The zero-order chi connectivity index (χ0) is 12.7. The third-order valence-electron chi connectivity index (χ3n) is 3.93. The fraction of sp³-hybridized carbons (Fsp3) is 0.467. The van der Waals surface area contributed by atoms with Gasteiger partial charge >= 0.3 is 0 Å². The van der Waals surface area contributed by atoms with Gasteiger partial charge in [0.15, 0.2) is 0 Å². The van der Waals surface area contributed by atoms with Gasteiger partial charge in [-0.15, -0.1) is 0 Å². The molecule has 2 aliphatic heterocycles. The van der Waals surface area contributed by atoms with E-state index in [0.29, 0.717) is 6.04 Å². The fourth-order valence-electron chi connectivity index (χ4n) is 2.93. The molecule has 0 aliphatic carbocycles. The van der Waals surface area contributed by atoms with Crippen molar-refractivity contribution in [2.45, 2.75) is 19.4 Å². The zero-order valence-corrected chi connectivity index (χ0v) is 11.2. The Morgan fingerprint density at radius 1 is 1.39 bits per heavy atom. The van der Waals surface area contributed by atoms with E-state index in [0.717, 1.165) is 31.1 Å². The number of nitrogens with zero attached hydrogens (tertiary/aromatic N) is 1. The number of hydrogen-bond acceptors (Lipinski definition) is 3. The maximum Gasteiger partial charge on any atom is 0.130 e. The summed E-state index contributed by atoms with van der Waals surface area (Å²) in [6.45, 7) is 3.98. The van der Waals surface area contributed by atoms with Crippen LogP contribution in [0.2, 0.25) is 0 Å². The summed E-state index contributed by atoms with van der Waals surface area (Å²) >= 11 is 0. The molecular weight excluding hydrogens is 226 g/mol. The number of likely N-dealkylation sites (N-methyl/N-ethyl adjacent to an activating group) is 1. The average Bonchev–Trinajstić information content (AvgIpc) is 2.38. The van der Waals surface area contributed by atoms with Gasteiger partial charge in [0.2, 0.25) is 0 Å². The molecule has 1 aromatic carbocycles. The summed E-state index contributed by atoms with van der Waals surface area (Å²) in [6.07, 6.45) is 3.48. The molecule has 1 unspecified atom stereocenters. The first-order chi connectivity index (χ1) is 8.70. The van der Waals surface area contributed by atoms with Gasteiger partial charge in [-0.1, -0.05) is 6.08 Å². The maximum atomic E-state index is 5.92. The molecule has 3 rings (SSSR count). The Bertz CT molecular complexity index is 507. The van der Waals surface area contributed by atoms with Crippen molar-refractivity contribution in [3.05, 3.63) is 29.3 Å². The van der Waals surface area contributed by atoms with Crippen molar-refractivity contribution in [1.82, 2.24) is 4.90 Å². The standard InChI is InChI=1S/C15H19NO2/c1-10-7-11(17-3)8-14-15(10)12-5-4-6-16(2)13(12)9-18-14/h5,7-8,13H,4,6,9H2,1-3H3. The average molecular weight is 245 g/mol. The molecule has 0 N–H and O–H groups in total. The Labute approximate surface area is 108 Å². The Hall–Kier alpha value is -1.48. The predicted octanol–water partition coefficient (Wildman–Crippen LogP) is 2.48. The summed E-state index contributed by atoms with van der Waals surface area (Å²) in [4.78, 5) is 2.38. The smallest absolute Gasteiger partial charge is 0.130 e. The minimum atomic E-state index is 0.401. The van der Waals surface area contributed by atoms with Crippen molar-refractivity contribution >= 4 is 5.57 Å². The first kappa shape index (κ1) is 11.6. The molecule has 0 saturated carbocycles. The first-order valence-corrected chi connectivity index (χ1v) is 6.43. The van der Waals surface area contributed by atoms with Gasteiger partial charge < -0.3 is 9.47 Å². The van der Waals surface area contributed by atoms with E-state index in [1.807, 2.05) is 6.07 Å². The minimum absolute atomic E-state index is 0.401. The van der Waals surface area contributed by atoms with Crippen LogP contribution in [0.5, 0.6) is 11.5 Å². The van der Waals surface area contributed by atoms with E-state index in [4.69, 9.17) is 9.47 Å². The van der Waals surface area contributed by atoms with Crippen molar-refractivity contribution < 1.29 is 9.47 Å². The summed E-state index contributed by atoms with van der Waals surface area (Å²) in [6, 6.07) is 4.48. The molecule has 0 amide bonds. The van der Waals surface area contributed by atoms with Crippen molar-refractivity contribution in [3.8, 4) is 11.5 Å². The zero-order valence-electron chi connectivity index (χ0n) is 11.2. The van der Waals surface area contributed by atoms with Crippen LogP contribution in [0, 0.1) is 6.92 Å². The van der Waals surface area contributed by atoms with Gasteiger partial charge in [0.1, 0.15) is 18.1 Å². The summed E-state index contributed by atoms with van der Waals surface area (Å²) in [5.74, 6) is 1.83. The lowest BCUT2D eigenvalue weighted by Crippen LogP contribution is -2.42. The van der Waals surface area contributed by atoms with E-state index < -0.39 is 0 Å². The quantitative estimate of drug-likeness (QED) is 0.758. The first-order valence-electron chi connectivity index (χ1n) is 6.43. The van der Waals surface area contributed by atoms with E-state index >= 15 is 0 Å². The van der Waals surface area contributed by atoms with Crippen LogP contribution in [0.25, 0.3) is 5.57 Å². The van der Waals surface area contributed by atoms with Crippen LogP contribution in [0.1, 0.15) is 17.5 Å². The molecule has 2 aliphatic rings. The number of hydrogen-bond donors (Lipinski definition) is 0. The predicted molar refractivity (Wildman–Crippen MR) is 72.2 cm³/mol. The molecule has 0 radical (unpaired) electrons. The van der Waals surface area contributed by atoms with E-state index in [1.165, 1.54) is 16.7 Å². The lowest BCUT2D eigenvalue weighted by molar-refractivity contribution is 0.183. The van der Waals surface area contributed by atoms with Crippen LogP contribution in [-0.4, -0.2) is 38.3 Å². The number of methoxy groups -OCH3 is 1. The number of aryl methyl sites for hydroxylation is 1. The Balaban J connectivity index is 2.12. The maximum absolute atomic E-state index is 5.92. The third-order valence-corrected chi connectivity index (χ3v) is 3.93. The molecular formula is C15H19NO2. The van der Waals surface area contributed by atoms with Crippen molar-refractivity contribution in [3.63, 3.8) is 0 Å². The number of benzene rings is 1. The highest BCUT2D eigenvalue weighted by Crippen LogP contribution is 2.41. The number of fused-ring (bicyclic) bond motifs is 3. The van der Waals surface area contributed by atoms with Gasteiger partial charge in [-0.25, -0.2) is 0 Å². The summed E-state index contributed by atoms with van der Waals surface area (Å²) in [5.41, 5.74) is 3.92. The minimum Gasteiger partial charge on any atom is -0.497 e. The van der Waals surface area contributed by atoms with Crippen molar-refractivity contribution in [1.29, 1.82) is 0 Å². The second-order valence-electron chi connectivity index (χ2n) is 5.07. The molecule has 0 saturated heterocycles. The monoisotopic (exact) mass is 245 g/mol. The Morgan fingerprint density at radius 3 is 3.00 bits per heavy atom. The highest BCUT2D eigenvalue weighted by Gasteiger charge is 2.31. The fourth-order valence-corrected chi connectivity index (χ4v) is 2.93. The molecule has 2 heterocycles. The van der Waals surface area contributed by atoms with Crippen LogP contribution in [0.4, 0.5) is 0 Å². The van der Waals surface area contributed by atoms with Crippen LogP contribution in [0.15, 0.2) is 18.2 Å². The van der Waals surface area contributed by atoms with Gasteiger partial charge in [0.25, 0.3) is 0 Å². The molecule has 0 bridgehead atoms. The molecule has 0 fully saturated rings. The van der Waals surface area contributed by atoms with Gasteiger partial charge in [-0.3, -0.25) is 4.90 Å². The van der Waals surface area contributed by atoms with Crippen molar-refractivity contribution in [2.75, 3.05) is 27.3 Å². The Morgan fingerprint density at radius 2 is 2.22 bits per heavy atom. The molecule has 0 spiro atoms. The third kappa shape index (κ3) is 1.70. The highest BCUT2D eigenvalue weighted by atomic mass is 16.5. The van der Waals surface area contributed by atoms with E-state index in [1.54, 1.807) is 7.11 Å². The van der Waals surface area contributed by atoms with Crippen LogP contribution in [0.3, 0.4) is 0 Å². The van der Waals surface area contributed by atoms with E-state index in [-0.39, 0.29) is 0 Å².